The van der Waals surface area contributed by atoms with Crippen molar-refractivity contribution < 1.29 is 14.3 Å². The summed E-state index contributed by atoms with van der Waals surface area (Å²) in [6.07, 6.45) is 0. The molecule has 2 heterocycles. The van der Waals surface area contributed by atoms with Gasteiger partial charge in [-0.05, 0) is 38.1 Å². The normalized spacial score (nSPS) is 15.5. The number of piperazine rings is 1. The van der Waals surface area contributed by atoms with Crippen molar-refractivity contribution in [1.82, 2.24) is 10.2 Å². The molecule has 2 aromatic rings. The number of carbonyl (C=O) groups excluding carboxylic acids is 1. The highest BCUT2D eigenvalue weighted by Crippen LogP contribution is 2.32. The van der Waals surface area contributed by atoms with Crippen molar-refractivity contribution in [2.24, 2.45) is 0 Å². The molecule has 1 saturated heterocycles. The number of anilines is 2. The van der Waals surface area contributed by atoms with Gasteiger partial charge in [0.1, 0.15) is 11.0 Å². The maximum atomic E-state index is 11.8. The highest BCUT2D eigenvalue weighted by molar-refractivity contribution is 8.02. The van der Waals surface area contributed by atoms with E-state index in [1.165, 1.54) is 28.8 Å². The van der Waals surface area contributed by atoms with E-state index in [1.807, 2.05) is 26.0 Å². The largest absolute Gasteiger partial charge is 0.497 e. The first kappa shape index (κ1) is 19.8. The summed E-state index contributed by atoms with van der Waals surface area (Å²) in [7, 11) is 1.68. The van der Waals surface area contributed by atoms with Crippen LogP contribution in [0, 0.1) is 0 Å². The van der Waals surface area contributed by atoms with Crippen LogP contribution in [0.3, 0.4) is 0 Å². The average Bonchev–Trinajstić information content (AvgIpc) is 3.17. The second-order valence-electron chi connectivity index (χ2n) is 6.03. The van der Waals surface area contributed by atoms with Crippen molar-refractivity contribution in [3.05, 3.63) is 24.3 Å². The molecule has 0 saturated carbocycles. The van der Waals surface area contributed by atoms with Crippen molar-refractivity contribution in [2.75, 3.05) is 49.7 Å². The fourth-order valence-corrected chi connectivity index (χ4v) is 4.82. The minimum atomic E-state index is -0.280. The van der Waals surface area contributed by atoms with Crippen molar-refractivity contribution >= 4 is 39.9 Å². The number of esters is 1. The number of nitrogens with zero attached hydrogens (tertiary/aromatic N) is 4. The number of thioether (sulfide) groups is 1. The summed E-state index contributed by atoms with van der Waals surface area (Å²) in [4.78, 5) is 16.4. The quantitative estimate of drug-likeness (QED) is 0.512. The zero-order valence-electron chi connectivity index (χ0n) is 15.8. The molecule has 0 radical (unpaired) electrons. The standard InChI is InChI=1S/C18H24N4O3S2/c1-4-25-16(23)13(2)26-18-20-19-17(27-18)22-11-9-21(10-12-22)14-5-7-15(24-3)8-6-14/h5-8,13H,4,9-12H2,1-3H3. The van der Waals surface area contributed by atoms with Gasteiger partial charge < -0.3 is 19.3 Å². The number of aromatic nitrogens is 2. The summed E-state index contributed by atoms with van der Waals surface area (Å²) in [5, 5.41) is 9.16. The van der Waals surface area contributed by atoms with E-state index in [0.29, 0.717) is 6.61 Å². The molecule has 0 bridgehead atoms. The van der Waals surface area contributed by atoms with Crippen LogP contribution < -0.4 is 14.5 Å². The highest BCUT2D eigenvalue weighted by Gasteiger charge is 2.22. The van der Waals surface area contributed by atoms with Crippen molar-refractivity contribution in [1.29, 1.82) is 0 Å². The average molecular weight is 409 g/mol. The molecular weight excluding hydrogens is 384 g/mol. The summed E-state index contributed by atoms with van der Waals surface area (Å²) in [6.45, 7) is 7.66. The van der Waals surface area contributed by atoms with Gasteiger partial charge in [-0.25, -0.2) is 0 Å². The van der Waals surface area contributed by atoms with Crippen LogP contribution in [0.15, 0.2) is 28.6 Å². The van der Waals surface area contributed by atoms with Gasteiger partial charge in [-0.2, -0.15) is 0 Å². The van der Waals surface area contributed by atoms with E-state index >= 15 is 0 Å². The van der Waals surface area contributed by atoms with E-state index < -0.39 is 0 Å². The van der Waals surface area contributed by atoms with E-state index in [1.54, 1.807) is 7.11 Å². The fourth-order valence-electron chi connectivity index (χ4n) is 2.79. The Morgan fingerprint density at radius 1 is 1.19 bits per heavy atom. The van der Waals surface area contributed by atoms with E-state index in [4.69, 9.17) is 9.47 Å². The van der Waals surface area contributed by atoms with Gasteiger partial charge in [0.15, 0.2) is 4.34 Å². The molecule has 146 valence electrons. The number of methoxy groups -OCH3 is 1. The van der Waals surface area contributed by atoms with Crippen LogP contribution >= 0.6 is 23.1 Å². The number of benzene rings is 1. The van der Waals surface area contributed by atoms with Crippen molar-refractivity contribution in [3.63, 3.8) is 0 Å². The minimum absolute atomic E-state index is 0.215. The van der Waals surface area contributed by atoms with E-state index in [9.17, 15) is 4.79 Å². The van der Waals surface area contributed by atoms with Crippen LogP contribution in [-0.4, -0.2) is 61.3 Å². The number of hydrogen-bond acceptors (Lipinski definition) is 9. The maximum Gasteiger partial charge on any atom is 0.319 e. The van der Waals surface area contributed by atoms with E-state index in [2.05, 4.69) is 32.1 Å². The molecule has 0 spiro atoms. The smallest absolute Gasteiger partial charge is 0.319 e. The molecule has 0 aliphatic carbocycles. The Balaban J connectivity index is 1.53. The minimum Gasteiger partial charge on any atom is -0.497 e. The van der Waals surface area contributed by atoms with Gasteiger partial charge in [-0.3, -0.25) is 4.79 Å². The first-order valence-corrected chi connectivity index (χ1v) is 10.6. The molecule has 1 atom stereocenters. The zero-order chi connectivity index (χ0) is 19.2. The number of ether oxygens (including phenoxy) is 2. The van der Waals surface area contributed by atoms with Crippen LogP contribution in [0.2, 0.25) is 0 Å². The summed E-state index contributed by atoms with van der Waals surface area (Å²) in [6, 6.07) is 8.15. The lowest BCUT2D eigenvalue weighted by molar-refractivity contribution is -0.142. The van der Waals surface area contributed by atoms with Gasteiger partial charge in [0, 0.05) is 31.9 Å². The second kappa shape index (κ2) is 9.27. The van der Waals surface area contributed by atoms with E-state index in [-0.39, 0.29) is 11.2 Å². The molecule has 1 aliphatic rings. The summed E-state index contributed by atoms with van der Waals surface area (Å²) in [5.74, 6) is 0.653. The molecular formula is C18H24N4O3S2. The van der Waals surface area contributed by atoms with Gasteiger partial charge in [0.25, 0.3) is 0 Å². The van der Waals surface area contributed by atoms with Gasteiger partial charge in [0.05, 0.1) is 13.7 Å². The third kappa shape index (κ3) is 5.04. The Hall–Kier alpha value is -2.00. The van der Waals surface area contributed by atoms with Crippen LogP contribution in [0.5, 0.6) is 5.75 Å². The molecule has 0 N–H and O–H groups in total. The molecule has 1 aromatic carbocycles. The van der Waals surface area contributed by atoms with Crippen molar-refractivity contribution in [3.8, 4) is 5.75 Å². The summed E-state index contributed by atoms with van der Waals surface area (Å²) < 4.78 is 11.1. The molecule has 1 aromatic heterocycles. The first-order valence-electron chi connectivity index (χ1n) is 8.91. The number of hydrogen-bond donors (Lipinski definition) is 0. The van der Waals surface area contributed by atoms with Crippen LogP contribution in [-0.2, 0) is 9.53 Å². The molecule has 1 unspecified atom stereocenters. The first-order chi connectivity index (χ1) is 13.1. The van der Waals surface area contributed by atoms with E-state index in [0.717, 1.165) is 41.4 Å². The number of rotatable bonds is 7. The molecule has 1 aliphatic heterocycles. The molecule has 9 heteroatoms. The highest BCUT2D eigenvalue weighted by atomic mass is 32.2. The molecule has 7 nitrogen and oxygen atoms in total. The Morgan fingerprint density at radius 3 is 2.48 bits per heavy atom. The van der Waals surface area contributed by atoms with Crippen molar-refractivity contribution in [2.45, 2.75) is 23.4 Å². The van der Waals surface area contributed by atoms with Crippen LogP contribution in [0.4, 0.5) is 10.8 Å². The SMILES string of the molecule is CCOC(=O)C(C)Sc1nnc(N2CCN(c3ccc(OC)cc3)CC2)s1. The molecule has 1 fully saturated rings. The zero-order valence-corrected chi connectivity index (χ0v) is 17.4. The van der Waals surface area contributed by atoms with Crippen LogP contribution in [0.25, 0.3) is 0 Å². The second-order valence-corrected chi connectivity index (χ2v) is 8.58. The third-order valence-corrected chi connectivity index (χ3v) is 6.43. The van der Waals surface area contributed by atoms with Gasteiger partial charge >= 0.3 is 5.97 Å². The lowest BCUT2D eigenvalue weighted by Gasteiger charge is -2.35. The van der Waals surface area contributed by atoms with Crippen LogP contribution in [0.1, 0.15) is 13.8 Å². The predicted octanol–water partition coefficient (Wildman–Crippen LogP) is 2.92. The molecule has 27 heavy (non-hydrogen) atoms. The van der Waals surface area contributed by atoms with Gasteiger partial charge in [0.2, 0.25) is 5.13 Å². The monoisotopic (exact) mass is 408 g/mol. The Morgan fingerprint density at radius 2 is 1.85 bits per heavy atom. The lowest BCUT2D eigenvalue weighted by Crippen LogP contribution is -2.46. The predicted molar refractivity (Wildman–Crippen MR) is 109 cm³/mol. The van der Waals surface area contributed by atoms with Gasteiger partial charge in [-0.1, -0.05) is 23.1 Å². The fraction of sp³-hybridized carbons (Fsp3) is 0.500. The Bertz CT molecular complexity index is 745. The third-order valence-electron chi connectivity index (χ3n) is 4.28. The number of carbonyl (C=O) groups is 1. The molecule has 3 rings (SSSR count). The van der Waals surface area contributed by atoms with Gasteiger partial charge in [-0.15, -0.1) is 10.2 Å². The lowest BCUT2D eigenvalue weighted by atomic mass is 10.2. The topological polar surface area (TPSA) is 67.8 Å². The Labute approximate surface area is 167 Å². The maximum absolute atomic E-state index is 11.8. The molecule has 0 amide bonds. The summed E-state index contributed by atoms with van der Waals surface area (Å²) >= 11 is 2.93. The Kier molecular flexibility index (Phi) is 6.78. The summed E-state index contributed by atoms with van der Waals surface area (Å²) in [5.41, 5.74) is 1.20.